The fourth-order valence-corrected chi connectivity index (χ4v) is 4.96. The number of thiazole rings is 1. The van der Waals surface area contributed by atoms with Gasteiger partial charge in [-0.3, -0.25) is 14.7 Å². The van der Waals surface area contributed by atoms with Gasteiger partial charge in [0.15, 0.2) is 5.13 Å². The minimum absolute atomic E-state index is 0.103. The van der Waals surface area contributed by atoms with Gasteiger partial charge in [-0.2, -0.15) is 0 Å². The number of hydrogen-bond acceptors (Lipinski definition) is 5. The highest BCUT2D eigenvalue weighted by Crippen LogP contribution is 2.37. The number of halogens is 1. The maximum Gasteiger partial charge on any atom is 0.261 e. The molecule has 29 heavy (non-hydrogen) atoms. The van der Waals surface area contributed by atoms with Crippen LogP contribution in [-0.2, 0) is 6.54 Å². The van der Waals surface area contributed by atoms with Crippen molar-refractivity contribution in [2.75, 3.05) is 11.2 Å². The highest BCUT2D eigenvalue weighted by Gasteiger charge is 2.24. The van der Waals surface area contributed by atoms with Crippen LogP contribution in [0.2, 0.25) is 5.02 Å². The van der Waals surface area contributed by atoms with Gasteiger partial charge in [0.25, 0.3) is 5.91 Å². The van der Waals surface area contributed by atoms with Gasteiger partial charge >= 0.3 is 0 Å². The second-order valence-corrected chi connectivity index (χ2v) is 8.68. The number of carbonyl (C=O) groups is 1. The lowest BCUT2D eigenvalue weighted by Crippen LogP contribution is -2.31. The maximum absolute atomic E-state index is 13.6. The number of rotatable bonds is 5. The topological polar surface area (TPSA) is 46.1 Å². The number of aryl methyl sites for hydroxylation is 1. The first-order valence-corrected chi connectivity index (χ1v) is 11.4. The number of nitrogens with zero attached hydrogens (tertiary/aromatic N) is 3. The van der Waals surface area contributed by atoms with E-state index in [2.05, 4.69) is 4.98 Å². The van der Waals surface area contributed by atoms with Crippen molar-refractivity contribution in [3.8, 4) is 0 Å². The summed E-state index contributed by atoms with van der Waals surface area (Å²) in [4.78, 5) is 25.4. The second kappa shape index (κ2) is 8.53. The lowest BCUT2D eigenvalue weighted by Gasteiger charge is -2.20. The fraction of sp³-hybridized carbons (Fsp3) is 0.136. The number of fused-ring (bicyclic) bond motifs is 1. The molecular weight excluding hydrogens is 422 g/mol. The van der Waals surface area contributed by atoms with Gasteiger partial charge in [0.05, 0.1) is 33.0 Å². The summed E-state index contributed by atoms with van der Waals surface area (Å²) in [5.74, 6) is -0.103. The smallest absolute Gasteiger partial charge is 0.261 e. The van der Waals surface area contributed by atoms with Crippen LogP contribution in [0.1, 0.15) is 21.6 Å². The number of benzene rings is 2. The Hall–Kier alpha value is -2.41. The van der Waals surface area contributed by atoms with Crippen LogP contribution < -0.4 is 4.90 Å². The SMILES string of the molecule is CSc1ccccc1C(=O)N(Cc1ccccn1)c1nc2c(C)ccc(Cl)c2s1. The molecule has 0 atom stereocenters. The van der Waals surface area contributed by atoms with E-state index in [4.69, 9.17) is 16.6 Å². The van der Waals surface area contributed by atoms with Gasteiger partial charge in [0.1, 0.15) is 0 Å². The van der Waals surface area contributed by atoms with Crippen LogP contribution in [0.5, 0.6) is 0 Å². The Bertz CT molecular complexity index is 1140. The number of hydrogen-bond donors (Lipinski definition) is 0. The minimum Gasteiger partial charge on any atom is -0.278 e. The lowest BCUT2D eigenvalue weighted by molar-refractivity contribution is 0.0982. The quantitative estimate of drug-likeness (QED) is 0.346. The van der Waals surface area contributed by atoms with Crippen molar-refractivity contribution in [2.24, 2.45) is 0 Å². The van der Waals surface area contributed by atoms with E-state index in [1.54, 1.807) is 22.9 Å². The van der Waals surface area contributed by atoms with E-state index in [0.29, 0.717) is 22.3 Å². The maximum atomic E-state index is 13.6. The van der Waals surface area contributed by atoms with Gasteiger partial charge in [0.2, 0.25) is 0 Å². The molecule has 0 saturated heterocycles. The molecule has 0 aliphatic heterocycles. The van der Waals surface area contributed by atoms with Gasteiger partial charge in [-0.25, -0.2) is 4.98 Å². The van der Waals surface area contributed by atoms with E-state index in [1.807, 2.05) is 67.8 Å². The third kappa shape index (κ3) is 4.01. The number of amides is 1. The van der Waals surface area contributed by atoms with Crippen LogP contribution in [0.25, 0.3) is 10.2 Å². The predicted molar refractivity (Wildman–Crippen MR) is 122 cm³/mol. The van der Waals surface area contributed by atoms with Crippen LogP contribution in [0.15, 0.2) is 65.7 Å². The third-order valence-electron chi connectivity index (χ3n) is 4.55. The van der Waals surface area contributed by atoms with Gasteiger partial charge < -0.3 is 0 Å². The number of aromatic nitrogens is 2. The molecule has 2 heterocycles. The molecule has 1 amide bonds. The molecule has 0 saturated carbocycles. The standard InChI is InChI=1S/C22H18ClN3OS2/c1-14-10-11-17(23)20-19(14)25-22(29-20)26(13-15-7-5-6-12-24-15)21(27)16-8-3-4-9-18(16)28-2/h3-12H,13H2,1-2H3. The number of pyridine rings is 1. The zero-order valence-electron chi connectivity index (χ0n) is 15.9. The molecule has 2 aromatic heterocycles. The van der Waals surface area contributed by atoms with Gasteiger partial charge in [0, 0.05) is 11.1 Å². The Labute approximate surface area is 182 Å². The van der Waals surface area contributed by atoms with Crippen molar-refractivity contribution in [3.63, 3.8) is 0 Å². The van der Waals surface area contributed by atoms with E-state index in [0.717, 1.165) is 26.4 Å². The third-order valence-corrected chi connectivity index (χ3v) is 6.88. The van der Waals surface area contributed by atoms with Crippen LogP contribution in [0.3, 0.4) is 0 Å². The van der Waals surface area contributed by atoms with E-state index in [1.165, 1.54) is 11.3 Å². The van der Waals surface area contributed by atoms with E-state index >= 15 is 0 Å². The molecule has 0 radical (unpaired) electrons. The first-order valence-electron chi connectivity index (χ1n) is 8.99. The summed E-state index contributed by atoms with van der Waals surface area (Å²) in [5, 5.41) is 1.26. The van der Waals surface area contributed by atoms with E-state index in [9.17, 15) is 4.79 Å². The zero-order valence-corrected chi connectivity index (χ0v) is 18.3. The molecule has 0 aliphatic rings. The minimum atomic E-state index is -0.103. The van der Waals surface area contributed by atoms with Crippen molar-refractivity contribution >= 4 is 56.0 Å². The van der Waals surface area contributed by atoms with E-state index in [-0.39, 0.29) is 5.91 Å². The average molecular weight is 440 g/mol. The molecule has 0 N–H and O–H groups in total. The first kappa shape index (κ1) is 19.9. The normalized spacial score (nSPS) is 11.0. The fourth-order valence-electron chi connectivity index (χ4n) is 3.05. The molecule has 4 aromatic rings. The number of thioether (sulfide) groups is 1. The predicted octanol–water partition coefficient (Wildman–Crippen LogP) is 6.22. The highest BCUT2D eigenvalue weighted by atomic mass is 35.5. The summed E-state index contributed by atoms with van der Waals surface area (Å²) in [6.45, 7) is 2.33. The lowest BCUT2D eigenvalue weighted by atomic mass is 10.2. The average Bonchev–Trinajstić information content (AvgIpc) is 3.21. The zero-order chi connectivity index (χ0) is 20.4. The molecule has 2 aromatic carbocycles. The van der Waals surface area contributed by atoms with Gasteiger partial charge in [-0.05, 0) is 49.1 Å². The monoisotopic (exact) mass is 439 g/mol. The summed E-state index contributed by atoms with van der Waals surface area (Å²) in [6.07, 6.45) is 3.70. The van der Waals surface area contributed by atoms with Crippen molar-refractivity contribution in [2.45, 2.75) is 18.4 Å². The molecule has 7 heteroatoms. The van der Waals surface area contributed by atoms with Crippen LogP contribution in [0.4, 0.5) is 5.13 Å². The van der Waals surface area contributed by atoms with Gasteiger partial charge in [-0.15, -0.1) is 11.8 Å². The molecule has 0 fully saturated rings. The summed E-state index contributed by atoms with van der Waals surface area (Å²) in [6, 6.07) is 17.1. The largest absolute Gasteiger partial charge is 0.278 e. The Morgan fingerprint density at radius 1 is 1.14 bits per heavy atom. The number of anilines is 1. The van der Waals surface area contributed by atoms with E-state index < -0.39 is 0 Å². The van der Waals surface area contributed by atoms with Crippen LogP contribution >= 0.6 is 34.7 Å². The van der Waals surface area contributed by atoms with Crippen molar-refractivity contribution in [1.82, 2.24) is 9.97 Å². The van der Waals surface area contributed by atoms with Crippen molar-refractivity contribution in [3.05, 3.63) is 82.6 Å². The summed E-state index contributed by atoms with van der Waals surface area (Å²) in [7, 11) is 0. The van der Waals surface area contributed by atoms with Crippen LogP contribution in [0, 0.1) is 6.92 Å². The first-order chi connectivity index (χ1) is 14.1. The summed E-state index contributed by atoms with van der Waals surface area (Å²) < 4.78 is 0.888. The Morgan fingerprint density at radius 3 is 2.66 bits per heavy atom. The Morgan fingerprint density at radius 2 is 1.93 bits per heavy atom. The summed E-state index contributed by atoms with van der Waals surface area (Å²) >= 11 is 9.38. The van der Waals surface area contributed by atoms with Crippen molar-refractivity contribution in [1.29, 1.82) is 0 Å². The molecule has 146 valence electrons. The molecule has 0 bridgehead atoms. The second-order valence-electron chi connectivity index (χ2n) is 6.45. The summed E-state index contributed by atoms with van der Waals surface area (Å²) in [5.41, 5.74) is 3.30. The Kier molecular flexibility index (Phi) is 5.85. The van der Waals surface area contributed by atoms with Crippen LogP contribution in [-0.4, -0.2) is 22.1 Å². The number of carbonyl (C=O) groups excluding carboxylic acids is 1. The molecular formula is C22H18ClN3OS2. The Balaban J connectivity index is 1.84. The van der Waals surface area contributed by atoms with Gasteiger partial charge in [-0.1, -0.05) is 47.2 Å². The highest BCUT2D eigenvalue weighted by molar-refractivity contribution is 7.98. The molecule has 0 spiro atoms. The molecule has 0 unspecified atom stereocenters. The molecule has 4 rings (SSSR count). The van der Waals surface area contributed by atoms with Crippen molar-refractivity contribution < 1.29 is 4.79 Å². The molecule has 0 aliphatic carbocycles. The molecule has 4 nitrogen and oxygen atoms in total.